The van der Waals surface area contributed by atoms with Crippen LogP contribution in [0.5, 0.6) is 5.75 Å². The number of phenolic OH excluding ortho intramolecular Hbond substituents is 1. The molecule has 0 amide bonds. The molecule has 1 aromatic rings. The fourth-order valence-corrected chi connectivity index (χ4v) is 4.38. The van der Waals surface area contributed by atoms with Crippen molar-refractivity contribution >= 4 is 28.7 Å². The van der Waals surface area contributed by atoms with Crippen LogP contribution in [-0.2, 0) is 16.0 Å². The lowest BCUT2D eigenvalue weighted by Gasteiger charge is -2.26. The van der Waals surface area contributed by atoms with E-state index in [0.717, 1.165) is 22.2 Å². The van der Waals surface area contributed by atoms with Crippen LogP contribution in [0.25, 0.3) is 5.57 Å². The molecular formula is C19H26FN3O3S. The van der Waals surface area contributed by atoms with Gasteiger partial charge < -0.3 is 15.2 Å². The highest BCUT2D eigenvalue weighted by atomic mass is 32.2. The van der Waals surface area contributed by atoms with E-state index in [1.165, 1.54) is 44.9 Å². The first-order valence-electron chi connectivity index (χ1n) is 9.31. The molecule has 0 spiro atoms. The number of phenols is 1. The molecule has 6 nitrogen and oxygen atoms in total. The summed E-state index contributed by atoms with van der Waals surface area (Å²) in [5.74, 6) is -0.197. The summed E-state index contributed by atoms with van der Waals surface area (Å²) in [5.41, 5.74) is 0.935. The number of rotatable bonds is 9. The standard InChI is InChI=1S/C19H26FN3O3S/c1-21-27(26)23(9-10-24)19-17(25)8-7-16(18(19)20)14-11-15(22-12-14)6-5-13-3-2-4-13/h7-8,10-11,13,15,21-22,25H,2-6,9,12H2,1H3. The zero-order chi connectivity index (χ0) is 19.4. The van der Waals surface area contributed by atoms with Crippen molar-refractivity contribution in [2.24, 2.45) is 5.92 Å². The molecule has 1 fully saturated rings. The summed E-state index contributed by atoms with van der Waals surface area (Å²) in [4.78, 5) is 10.9. The average Bonchev–Trinajstić information content (AvgIpc) is 3.07. The number of aldehydes is 1. The first-order valence-corrected chi connectivity index (χ1v) is 10.4. The Morgan fingerprint density at radius 2 is 2.19 bits per heavy atom. The predicted octanol–water partition coefficient (Wildman–Crippen LogP) is 2.27. The highest BCUT2D eigenvalue weighted by Gasteiger charge is 2.27. The van der Waals surface area contributed by atoms with Gasteiger partial charge in [0.1, 0.15) is 17.7 Å². The minimum Gasteiger partial charge on any atom is -0.506 e. The van der Waals surface area contributed by atoms with E-state index in [1.54, 1.807) is 0 Å². The molecule has 1 heterocycles. The molecule has 3 rings (SSSR count). The summed E-state index contributed by atoms with van der Waals surface area (Å²) >= 11 is -1.84. The van der Waals surface area contributed by atoms with Gasteiger partial charge in [0.25, 0.3) is 0 Å². The minimum atomic E-state index is -1.84. The number of halogens is 1. The Labute approximate surface area is 161 Å². The summed E-state index contributed by atoms with van der Waals surface area (Å²) in [6.07, 6.45) is 8.73. The van der Waals surface area contributed by atoms with Crippen LogP contribution in [0.4, 0.5) is 10.1 Å². The lowest BCUT2D eigenvalue weighted by Crippen LogP contribution is -2.35. The Hall–Kier alpha value is -1.77. The molecule has 2 aliphatic rings. The molecule has 1 aliphatic heterocycles. The van der Waals surface area contributed by atoms with Crippen LogP contribution in [0.3, 0.4) is 0 Å². The minimum absolute atomic E-state index is 0.217. The molecular weight excluding hydrogens is 369 g/mol. The lowest BCUT2D eigenvalue weighted by molar-refractivity contribution is -0.106. The number of nitrogens with one attached hydrogen (secondary N) is 2. The van der Waals surface area contributed by atoms with E-state index >= 15 is 4.39 Å². The Morgan fingerprint density at radius 3 is 2.81 bits per heavy atom. The van der Waals surface area contributed by atoms with Crippen molar-refractivity contribution in [3.63, 3.8) is 0 Å². The second-order valence-corrected chi connectivity index (χ2v) is 8.38. The second kappa shape index (κ2) is 8.95. The zero-order valence-electron chi connectivity index (χ0n) is 15.4. The van der Waals surface area contributed by atoms with Gasteiger partial charge in [-0.05, 0) is 43.5 Å². The normalized spacial score (nSPS) is 20.8. The molecule has 0 saturated heterocycles. The van der Waals surface area contributed by atoms with E-state index in [2.05, 4.69) is 10.0 Å². The number of carbonyl (C=O) groups excluding carboxylic acids is 1. The van der Waals surface area contributed by atoms with Crippen molar-refractivity contribution in [3.8, 4) is 5.75 Å². The molecule has 27 heavy (non-hydrogen) atoms. The predicted molar refractivity (Wildman–Crippen MR) is 105 cm³/mol. The number of hydrogen-bond donors (Lipinski definition) is 3. The molecule has 1 saturated carbocycles. The van der Waals surface area contributed by atoms with Gasteiger partial charge in [0.2, 0.25) is 0 Å². The van der Waals surface area contributed by atoms with E-state index in [9.17, 15) is 14.1 Å². The van der Waals surface area contributed by atoms with Crippen molar-refractivity contribution < 1.29 is 18.5 Å². The van der Waals surface area contributed by atoms with Crippen LogP contribution < -0.4 is 14.3 Å². The van der Waals surface area contributed by atoms with Crippen LogP contribution in [0, 0.1) is 11.7 Å². The molecule has 8 heteroatoms. The summed E-state index contributed by atoms with van der Waals surface area (Å²) in [5, 5.41) is 13.5. The number of aromatic hydroxyl groups is 1. The van der Waals surface area contributed by atoms with Crippen molar-refractivity contribution in [2.75, 3.05) is 24.4 Å². The van der Waals surface area contributed by atoms with Crippen molar-refractivity contribution in [3.05, 3.63) is 29.6 Å². The maximum Gasteiger partial charge on any atom is 0.196 e. The van der Waals surface area contributed by atoms with Crippen molar-refractivity contribution in [1.29, 1.82) is 0 Å². The first-order chi connectivity index (χ1) is 13.0. The van der Waals surface area contributed by atoms with Gasteiger partial charge in [0, 0.05) is 18.2 Å². The number of benzene rings is 1. The number of anilines is 1. The largest absolute Gasteiger partial charge is 0.506 e. The average molecular weight is 396 g/mol. The van der Waals surface area contributed by atoms with Crippen LogP contribution in [0.2, 0.25) is 0 Å². The fourth-order valence-electron chi connectivity index (χ4n) is 3.63. The van der Waals surface area contributed by atoms with E-state index in [0.29, 0.717) is 18.4 Å². The molecule has 1 aliphatic carbocycles. The Morgan fingerprint density at radius 1 is 1.41 bits per heavy atom. The third kappa shape index (κ3) is 4.39. The van der Waals surface area contributed by atoms with Crippen LogP contribution in [0.15, 0.2) is 18.2 Å². The van der Waals surface area contributed by atoms with Crippen LogP contribution in [0.1, 0.15) is 37.7 Å². The zero-order valence-corrected chi connectivity index (χ0v) is 16.2. The monoisotopic (exact) mass is 395 g/mol. The first kappa shape index (κ1) is 20.0. The fraction of sp³-hybridized carbons (Fsp3) is 0.526. The molecule has 3 N–H and O–H groups in total. The maximum absolute atomic E-state index is 15.2. The highest BCUT2D eigenvalue weighted by Crippen LogP contribution is 2.37. The van der Waals surface area contributed by atoms with E-state index in [-0.39, 0.29) is 24.0 Å². The van der Waals surface area contributed by atoms with Crippen molar-refractivity contribution in [2.45, 2.75) is 38.1 Å². The molecule has 148 valence electrons. The van der Waals surface area contributed by atoms with E-state index in [4.69, 9.17) is 0 Å². The van der Waals surface area contributed by atoms with E-state index < -0.39 is 17.0 Å². The topological polar surface area (TPSA) is 81.7 Å². The number of carbonyl (C=O) groups is 1. The van der Waals surface area contributed by atoms with Crippen LogP contribution >= 0.6 is 0 Å². The molecule has 0 bridgehead atoms. The summed E-state index contributed by atoms with van der Waals surface area (Å²) in [6.45, 7) is 0.238. The van der Waals surface area contributed by atoms with Gasteiger partial charge in [-0.25, -0.2) is 13.3 Å². The summed E-state index contributed by atoms with van der Waals surface area (Å²) in [7, 11) is 1.43. The van der Waals surface area contributed by atoms with Gasteiger partial charge in [-0.3, -0.25) is 4.31 Å². The Balaban J connectivity index is 1.83. The molecule has 2 atom stereocenters. The Bertz CT molecular complexity index is 752. The van der Waals surface area contributed by atoms with Gasteiger partial charge in [-0.2, -0.15) is 0 Å². The Kier molecular flexibility index (Phi) is 6.62. The molecule has 0 radical (unpaired) electrons. The SMILES string of the molecule is CNS(=O)N(CC=O)c1c(O)ccc(C2=CC(CCC3CCC3)NC2)c1F. The number of hydrogen-bond acceptors (Lipinski definition) is 4. The van der Waals surface area contributed by atoms with Gasteiger partial charge >= 0.3 is 0 Å². The smallest absolute Gasteiger partial charge is 0.196 e. The van der Waals surface area contributed by atoms with Gasteiger partial charge in [-0.1, -0.05) is 25.3 Å². The maximum atomic E-state index is 15.2. The van der Waals surface area contributed by atoms with Gasteiger partial charge in [0.05, 0.1) is 6.54 Å². The number of nitrogens with zero attached hydrogens (tertiary/aromatic N) is 1. The highest BCUT2D eigenvalue weighted by molar-refractivity contribution is 7.84. The molecule has 2 unspecified atom stereocenters. The quantitative estimate of drug-likeness (QED) is 0.560. The van der Waals surface area contributed by atoms with Crippen LogP contribution in [-0.4, -0.2) is 41.8 Å². The van der Waals surface area contributed by atoms with E-state index in [1.807, 2.05) is 6.08 Å². The summed E-state index contributed by atoms with van der Waals surface area (Å²) in [6, 6.07) is 3.12. The third-order valence-corrected chi connectivity index (χ3v) is 6.45. The molecule has 1 aromatic carbocycles. The lowest BCUT2D eigenvalue weighted by atomic mass is 9.81. The third-order valence-electron chi connectivity index (χ3n) is 5.37. The summed E-state index contributed by atoms with van der Waals surface area (Å²) < 4.78 is 30.8. The van der Waals surface area contributed by atoms with Gasteiger partial charge in [-0.15, -0.1) is 0 Å². The van der Waals surface area contributed by atoms with Crippen molar-refractivity contribution in [1.82, 2.24) is 10.0 Å². The second-order valence-electron chi connectivity index (χ2n) is 7.03. The van der Waals surface area contributed by atoms with Gasteiger partial charge in [0.15, 0.2) is 17.0 Å². The molecule has 0 aromatic heterocycles.